The summed E-state index contributed by atoms with van der Waals surface area (Å²) in [5.41, 5.74) is 0. The van der Waals surface area contributed by atoms with Gasteiger partial charge in [0.15, 0.2) is 23.0 Å². The van der Waals surface area contributed by atoms with E-state index in [1.807, 2.05) is 195 Å². The number of methoxy groups -OCH3 is 12. The predicted molar refractivity (Wildman–Crippen MR) is 413 cm³/mol. The smallest absolute Gasteiger partial charge is 0.170 e. The molecule has 8 aromatic carbocycles. The molecule has 0 spiro atoms. The Kier molecular flexibility index (Phi) is 28.0. The third kappa shape index (κ3) is 19.5. The Bertz CT molecular complexity index is 5120. The van der Waals surface area contributed by atoms with E-state index in [0.717, 1.165) is 150 Å². The lowest BCUT2D eigenvalue weighted by molar-refractivity contribution is 0.356. The minimum Gasteiger partial charge on any atom is -0.497 e. The van der Waals surface area contributed by atoms with Crippen LogP contribution in [-0.4, -0.2) is 125 Å². The molecule has 0 aliphatic rings. The van der Waals surface area contributed by atoms with Gasteiger partial charge in [-0.05, 0) is 160 Å². The van der Waals surface area contributed by atoms with Crippen molar-refractivity contribution in [2.24, 2.45) is 0 Å². The molecule has 0 saturated heterocycles. The number of hydrogen-bond donors (Lipinski definition) is 0. The Balaban J connectivity index is 0.000000138. The zero-order valence-electron chi connectivity index (χ0n) is 59.9. The molecular formula is C84H80N8O12. The van der Waals surface area contributed by atoms with Crippen molar-refractivity contribution in [3.05, 3.63) is 269 Å². The third-order valence-corrected chi connectivity index (χ3v) is 16.0. The molecule has 0 radical (unpaired) electrons. The third-order valence-electron chi connectivity index (χ3n) is 16.0. The Hall–Kier alpha value is -13.4. The van der Waals surface area contributed by atoms with Gasteiger partial charge >= 0.3 is 0 Å². The number of nitrogens with zero attached hydrogens (tertiary/aromatic N) is 8. The molecule has 20 heteroatoms. The van der Waals surface area contributed by atoms with Gasteiger partial charge in [-0.2, -0.15) is 0 Å². The van der Waals surface area contributed by atoms with Crippen LogP contribution < -0.4 is 56.8 Å². The van der Waals surface area contributed by atoms with E-state index in [4.69, 9.17) is 56.8 Å². The summed E-state index contributed by atoms with van der Waals surface area (Å²) >= 11 is 0. The Morgan fingerprint density at radius 2 is 0.529 bits per heavy atom. The zero-order valence-corrected chi connectivity index (χ0v) is 59.9. The van der Waals surface area contributed by atoms with Gasteiger partial charge in [0.05, 0.1) is 85.3 Å². The van der Waals surface area contributed by atoms with E-state index in [1.165, 1.54) is 5.39 Å². The quantitative estimate of drug-likeness (QED) is 0.111. The number of fused-ring (bicyclic) bond motifs is 8. The summed E-state index contributed by atoms with van der Waals surface area (Å²) in [4.78, 5) is 32.4. The van der Waals surface area contributed by atoms with Gasteiger partial charge in [-0.3, -0.25) is 39.9 Å². The van der Waals surface area contributed by atoms with Crippen molar-refractivity contribution in [3.8, 4) is 69.0 Å². The maximum Gasteiger partial charge on any atom is 0.170 e. The second-order valence-electron chi connectivity index (χ2n) is 21.9. The SMILES string of the molecule is COc1cc(OC)c2cnccc2c1.COc1cc2ccncc2cc1OC.COc1ccc(OC)c2cnccc12.COc1ccc2ccncc2c1.COc1ccc2ccncc2c1OC.COc1ccc2cnccc2c1.COc1cccc2ccncc12.COc1cccc2cnccc12. The molecule has 0 aliphatic heterocycles. The van der Waals surface area contributed by atoms with Crippen molar-refractivity contribution >= 4 is 86.2 Å². The summed E-state index contributed by atoms with van der Waals surface area (Å²) in [6, 6.07) is 54.7. The van der Waals surface area contributed by atoms with Crippen LogP contribution >= 0.6 is 0 Å². The number of pyridine rings is 8. The van der Waals surface area contributed by atoms with Crippen molar-refractivity contribution in [3.63, 3.8) is 0 Å². The Morgan fingerprint density at radius 1 is 0.173 bits per heavy atom. The molecule has 0 bridgehead atoms. The minimum atomic E-state index is 0.730. The number of hydrogen-bond acceptors (Lipinski definition) is 20. The van der Waals surface area contributed by atoms with Crippen LogP contribution in [0.4, 0.5) is 0 Å². The maximum atomic E-state index is 5.28. The van der Waals surface area contributed by atoms with Crippen LogP contribution in [0.2, 0.25) is 0 Å². The van der Waals surface area contributed by atoms with Crippen LogP contribution in [0.25, 0.3) is 86.2 Å². The molecular weight excluding hydrogens is 1310 g/mol. The second-order valence-corrected chi connectivity index (χ2v) is 21.9. The Labute approximate surface area is 603 Å². The van der Waals surface area contributed by atoms with E-state index in [9.17, 15) is 0 Å². The molecule has 0 unspecified atom stereocenters. The van der Waals surface area contributed by atoms with Gasteiger partial charge in [0.25, 0.3) is 0 Å². The predicted octanol–water partition coefficient (Wildman–Crippen LogP) is 18.0. The van der Waals surface area contributed by atoms with E-state index >= 15 is 0 Å². The summed E-state index contributed by atoms with van der Waals surface area (Å²) < 4.78 is 62.3. The molecule has 0 amide bonds. The van der Waals surface area contributed by atoms with Crippen LogP contribution in [0, 0.1) is 0 Å². The number of benzene rings is 8. The van der Waals surface area contributed by atoms with Crippen molar-refractivity contribution < 1.29 is 56.8 Å². The van der Waals surface area contributed by atoms with Gasteiger partial charge in [0.2, 0.25) is 0 Å². The summed E-state index contributed by atoms with van der Waals surface area (Å²) in [6.07, 6.45) is 28.6. The molecule has 20 nitrogen and oxygen atoms in total. The topological polar surface area (TPSA) is 214 Å². The molecule has 8 aromatic heterocycles. The van der Waals surface area contributed by atoms with Crippen molar-refractivity contribution in [1.29, 1.82) is 0 Å². The first-order chi connectivity index (χ1) is 51.0. The van der Waals surface area contributed by atoms with E-state index in [2.05, 4.69) is 39.9 Å². The van der Waals surface area contributed by atoms with Crippen LogP contribution in [0.15, 0.2) is 269 Å². The largest absolute Gasteiger partial charge is 0.497 e. The highest BCUT2D eigenvalue weighted by Crippen LogP contribution is 2.36. The molecule has 0 aliphatic carbocycles. The van der Waals surface area contributed by atoms with Gasteiger partial charge in [0.1, 0.15) is 46.0 Å². The lowest BCUT2D eigenvalue weighted by atomic mass is 10.1. The van der Waals surface area contributed by atoms with E-state index in [0.29, 0.717) is 0 Å². The number of ether oxygens (including phenoxy) is 12. The molecule has 0 N–H and O–H groups in total. The van der Waals surface area contributed by atoms with Crippen LogP contribution in [0.5, 0.6) is 69.0 Å². The van der Waals surface area contributed by atoms with Gasteiger partial charge in [-0.1, -0.05) is 36.4 Å². The fraction of sp³-hybridized carbons (Fsp3) is 0.143. The van der Waals surface area contributed by atoms with E-state index in [-0.39, 0.29) is 0 Å². The Morgan fingerprint density at radius 3 is 1.09 bits per heavy atom. The van der Waals surface area contributed by atoms with Gasteiger partial charge in [0, 0.05) is 159 Å². The van der Waals surface area contributed by atoms with Crippen molar-refractivity contribution in [2.75, 3.05) is 85.3 Å². The van der Waals surface area contributed by atoms with Crippen molar-refractivity contribution in [2.45, 2.75) is 0 Å². The first kappa shape index (κ1) is 74.9. The molecule has 528 valence electrons. The summed E-state index contributed by atoms with van der Waals surface area (Å²) in [6.45, 7) is 0. The summed E-state index contributed by atoms with van der Waals surface area (Å²) in [5.74, 6) is 9.69. The van der Waals surface area contributed by atoms with Crippen LogP contribution in [0.3, 0.4) is 0 Å². The number of aromatic nitrogens is 8. The molecule has 0 saturated carbocycles. The maximum absolute atomic E-state index is 5.28. The zero-order chi connectivity index (χ0) is 73.4. The first-order valence-corrected chi connectivity index (χ1v) is 32.4. The highest BCUT2D eigenvalue weighted by Gasteiger charge is 2.10. The lowest BCUT2D eigenvalue weighted by Crippen LogP contribution is -1.91. The molecule has 16 rings (SSSR count). The summed E-state index contributed by atoms with van der Waals surface area (Å²) in [7, 11) is 19.8. The molecule has 8 heterocycles. The highest BCUT2D eigenvalue weighted by atomic mass is 16.5. The summed E-state index contributed by atoms with van der Waals surface area (Å²) in [5, 5.41) is 17.3. The van der Waals surface area contributed by atoms with E-state index in [1.54, 1.807) is 160 Å². The fourth-order valence-electron chi connectivity index (χ4n) is 10.7. The average Bonchev–Trinajstić information content (AvgIpc) is 0.819. The van der Waals surface area contributed by atoms with Crippen molar-refractivity contribution in [1.82, 2.24) is 39.9 Å². The van der Waals surface area contributed by atoms with Gasteiger partial charge < -0.3 is 56.8 Å². The lowest BCUT2D eigenvalue weighted by Gasteiger charge is -2.09. The van der Waals surface area contributed by atoms with Gasteiger partial charge in [-0.25, -0.2) is 0 Å². The first-order valence-electron chi connectivity index (χ1n) is 32.4. The van der Waals surface area contributed by atoms with Crippen LogP contribution in [0.1, 0.15) is 0 Å². The highest BCUT2D eigenvalue weighted by molar-refractivity contribution is 5.94. The standard InChI is InChI=1S/4C11H11NO2.4C10H9NO/c1-13-10-5-8-3-4-12-7-9(8)6-11(10)14-2;1-13-9-5-8-3-4-12-7-10(8)11(6-9)14-2;1-13-10-3-4-11(14-2)9-7-12-6-5-8(9)10;1-13-10-4-3-8-5-6-12-7-9(8)11(10)14-2;1-12-10-3-2-9-7-11-5-4-8(9)6-10;1-12-10-3-2-8-4-5-11-7-9(8)6-10;1-12-10-4-2-3-8-7-11-6-5-9(8)10;1-12-10-4-2-3-8-5-6-11-7-9(8)10/h4*3-7H,1-2H3;4*2-7H,1H3. The second kappa shape index (κ2) is 38.9. The average molecular weight is 1390 g/mol. The minimum absolute atomic E-state index is 0.730. The van der Waals surface area contributed by atoms with Crippen LogP contribution in [-0.2, 0) is 0 Å². The molecule has 16 aromatic rings. The number of rotatable bonds is 12. The fourth-order valence-corrected chi connectivity index (χ4v) is 10.7. The molecule has 0 atom stereocenters. The monoisotopic (exact) mass is 1390 g/mol. The molecule has 0 fully saturated rings. The molecule has 104 heavy (non-hydrogen) atoms. The van der Waals surface area contributed by atoms with E-state index < -0.39 is 0 Å². The normalized spacial score (nSPS) is 10.1. The van der Waals surface area contributed by atoms with Gasteiger partial charge in [-0.15, -0.1) is 0 Å².